The molecule has 0 amide bonds. The summed E-state index contributed by atoms with van der Waals surface area (Å²) in [5, 5.41) is 0. The van der Waals surface area contributed by atoms with Crippen molar-refractivity contribution >= 4 is 11.9 Å². The Balaban J connectivity index is 1.59. The third kappa shape index (κ3) is 4.25. The van der Waals surface area contributed by atoms with Crippen LogP contribution in [-0.2, 0) is 14.2 Å². The SMILES string of the molecule is CC1COC(COC(=O)c2ccccc2)C1OC(=O)c1ccccc1. The molecule has 0 spiro atoms. The van der Waals surface area contributed by atoms with E-state index < -0.39 is 24.1 Å². The Kier molecular flexibility index (Phi) is 5.46. The molecular weight excluding hydrogens is 320 g/mol. The van der Waals surface area contributed by atoms with Crippen LogP contribution in [0.5, 0.6) is 0 Å². The van der Waals surface area contributed by atoms with Crippen molar-refractivity contribution in [2.24, 2.45) is 5.92 Å². The molecule has 2 aromatic rings. The maximum atomic E-state index is 12.3. The maximum absolute atomic E-state index is 12.3. The predicted octanol–water partition coefficient (Wildman–Crippen LogP) is 3.10. The Morgan fingerprint density at radius 3 is 2.12 bits per heavy atom. The van der Waals surface area contributed by atoms with Crippen molar-refractivity contribution in [2.75, 3.05) is 13.2 Å². The van der Waals surface area contributed by atoms with Gasteiger partial charge in [0.2, 0.25) is 0 Å². The number of benzene rings is 2. The molecule has 5 nitrogen and oxygen atoms in total. The molecule has 25 heavy (non-hydrogen) atoms. The first-order valence-electron chi connectivity index (χ1n) is 8.25. The number of carbonyl (C=O) groups is 2. The van der Waals surface area contributed by atoms with Crippen molar-refractivity contribution in [1.82, 2.24) is 0 Å². The molecule has 3 atom stereocenters. The highest BCUT2D eigenvalue weighted by atomic mass is 16.6. The second-order valence-corrected chi connectivity index (χ2v) is 6.05. The van der Waals surface area contributed by atoms with Crippen LogP contribution in [0.3, 0.4) is 0 Å². The molecule has 1 fully saturated rings. The predicted molar refractivity (Wildman–Crippen MR) is 91.3 cm³/mol. The van der Waals surface area contributed by atoms with Gasteiger partial charge < -0.3 is 14.2 Å². The minimum Gasteiger partial charge on any atom is -0.459 e. The third-order valence-corrected chi connectivity index (χ3v) is 4.14. The number of carbonyl (C=O) groups excluding carboxylic acids is 2. The van der Waals surface area contributed by atoms with Gasteiger partial charge in [0, 0.05) is 5.92 Å². The quantitative estimate of drug-likeness (QED) is 0.783. The number of rotatable bonds is 5. The molecule has 130 valence electrons. The fraction of sp³-hybridized carbons (Fsp3) is 0.300. The van der Waals surface area contributed by atoms with Crippen LogP contribution in [0, 0.1) is 5.92 Å². The average molecular weight is 340 g/mol. The van der Waals surface area contributed by atoms with Gasteiger partial charge in [-0.05, 0) is 24.3 Å². The van der Waals surface area contributed by atoms with E-state index in [4.69, 9.17) is 14.2 Å². The van der Waals surface area contributed by atoms with Crippen LogP contribution in [0.2, 0.25) is 0 Å². The first-order chi connectivity index (χ1) is 12.1. The van der Waals surface area contributed by atoms with Gasteiger partial charge in [-0.2, -0.15) is 0 Å². The van der Waals surface area contributed by atoms with Gasteiger partial charge in [0.1, 0.15) is 18.8 Å². The Hall–Kier alpha value is -2.66. The first kappa shape index (κ1) is 17.2. The molecule has 0 radical (unpaired) electrons. The number of esters is 2. The lowest BCUT2D eigenvalue weighted by atomic mass is 10.0. The first-order valence-corrected chi connectivity index (χ1v) is 8.25. The molecule has 5 heteroatoms. The van der Waals surface area contributed by atoms with Gasteiger partial charge in [-0.25, -0.2) is 9.59 Å². The molecule has 2 aromatic carbocycles. The molecule has 1 aliphatic heterocycles. The summed E-state index contributed by atoms with van der Waals surface area (Å²) in [4.78, 5) is 24.3. The minimum absolute atomic E-state index is 0.0353. The van der Waals surface area contributed by atoms with Crippen LogP contribution in [0.4, 0.5) is 0 Å². The van der Waals surface area contributed by atoms with Crippen LogP contribution < -0.4 is 0 Å². The van der Waals surface area contributed by atoms with Gasteiger partial charge in [0.25, 0.3) is 0 Å². The van der Waals surface area contributed by atoms with Gasteiger partial charge in [-0.1, -0.05) is 43.3 Å². The van der Waals surface area contributed by atoms with Gasteiger partial charge >= 0.3 is 11.9 Å². The van der Waals surface area contributed by atoms with E-state index in [9.17, 15) is 9.59 Å². The van der Waals surface area contributed by atoms with Gasteiger partial charge in [0.05, 0.1) is 17.7 Å². The summed E-state index contributed by atoms with van der Waals surface area (Å²) in [6.07, 6.45) is -0.911. The summed E-state index contributed by atoms with van der Waals surface area (Å²) < 4.78 is 16.6. The van der Waals surface area contributed by atoms with Crippen LogP contribution in [0.25, 0.3) is 0 Å². The molecule has 0 aromatic heterocycles. The lowest BCUT2D eigenvalue weighted by Crippen LogP contribution is -2.35. The second-order valence-electron chi connectivity index (χ2n) is 6.05. The molecule has 0 aliphatic carbocycles. The lowest BCUT2D eigenvalue weighted by Gasteiger charge is -2.21. The van der Waals surface area contributed by atoms with Crippen LogP contribution in [0.15, 0.2) is 60.7 Å². The van der Waals surface area contributed by atoms with E-state index in [2.05, 4.69) is 0 Å². The van der Waals surface area contributed by atoms with E-state index >= 15 is 0 Å². The number of hydrogen-bond donors (Lipinski definition) is 0. The molecule has 3 unspecified atom stereocenters. The Bertz CT molecular complexity index is 713. The van der Waals surface area contributed by atoms with E-state index in [0.29, 0.717) is 17.7 Å². The summed E-state index contributed by atoms with van der Waals surface area (Å²) in [6.45, 7) is 2.45. The smallest absolute Gasteiger partial charge is 0.338 e. The summed E-state index contributed by atoms with van der Waals surface area (Å²) in [5.41, 5.74) is 0.966. The van der Waals surface area contributed by atoms with Crippen molar-refractivity contribution in [3.8, 4) is 0 Å². The monoisotopic (exact) mass is 340 g/mol. The summed E-state index contributed by atoms with van der Waals surface area (Å²) in [5.74, 6) is -0.785. The van der Waals surface area contributed by atoms with E-state index in [1.807, 2.05) is 19.1 Å². The summed E-state index contributed by atoms with van der Waals surface area (Å²) in [7, 11) is 0. The highest BCUT2D eigenvalue weighted by Crippen LogP contribution is 2.25. The zero-order valence-corrected chi connectivity index (χ0v) is 14.0. The Labute approximate surface area is 146 Å². The molecule has 1 saturated heterocycles. The second kappa shape index (κ2) is 7.94. The van der Waals surface area contributed by atoms with E-state index in [-0.39, 0.29) is 12.5 Å². The molecular formula is C20H20O5. The maximum Gasteiger partial charge on any atom is 0.338 e. The van der Waals surface area contributed by atoms with Crippen molar-refractivity contribution in [3.63, 3.8) is 0 Å². The molecule has 3 rings (SSSR count). The summed E-state index contributed by atoms with van der Waals surface area (Å²) in [6, 6.07) is 17.6. The molecule has 0 saturated carbocycles. The van der Waals surface area contributed by atoms with Crippen LogP contribution in [0.1, 0.15) is 27.6 Å². The average Bonchev–Trinajstić information content (AvgIpc) is 3.01. The lowest BCUT2D eigenvalue weighted by molar-refractivity contribution is -0.0307. The van der Waals surface area contributed by atoms with Gasteiger partial charge in [-0.3, -0.25) is 0 Å². The molecule has 0 N–H and O–H groups in total. The van der Waals surface area contributed by atoms with Crippen molar-refractivity contribution in [2.45, 2.75) is 19.1 Å². The standard InChI is InChI=1S/C20H20O5/c1-14-12-23-17(13-24-19(21)15-8-4-2-5-9-15)18(14)25-20(22)16-10-6-3-7-11-16/h2-11,14,17-18H,12-13H2,1H3. The highest BCUT2D eigenvalue weighted by Gasteiger charge is 2.38. The fourth-order valence-electron chi connectivity index (χ4n) is 2.75. The Morgan fingerprint density at radius 1 is 0.960 bits per heavy atom. The third-order valence-electron chi connectivity index (χ3n) is 4.14. The van der Waals surface area contributed by atoms with Crippen LogP contribution >= 0.6 is 0 Å². The zero-order chi connectivity index (χ0) is 17.6. The highest BCUT2D eigenvalue weighted by molar-refractivity contribution is 5.90. The van der Waals surface area contributed by atoms with Crippen molar-refractivity contribution in [3.05, 3.63) is 71.8 Å². The Morgan fingerprint density at radius 2 is 1.52 bits per heavy atom. The zero-order valence-electron chi connectivity index (χ0n) is 14.0. The van der Waals surface area contributed by atoms with E-state index in [1.54, 1.807) is 48.5 Å². The van der Waals surface area contributed by atoms with Gasteiger partial charge in [-0.15, -0.1) is 0 Å². The van der Waals surface area contributed by atoms with Crippen molar-refractivity contribution < 1.29 is 23.8 Å². The molecule has 1 heterocycles. The number of hydrogen-bond acceptors (Lipinski definition) is 5. The fourth-order valence-corrected chi connectivity index (χ4v) is 2.75. The van der Waals surface area contributed by atoms with E-state index in [0.717, 1.165) is 0 Å². The van der Waals surface area contributed by atoms with Crippen LogP contribution in [-0.4, -0.2) is 37.4 Å². The molecule has 0 bridgehead atoms. The molecule has 1 aliphatic rings. The van der Waals surface area contributed by atoms with Crippen molar-refractivity contribution in [1.29, 1.82) is 0 Å². The number of ether oxygens (including phenoxy) is 3. The normalized spacial score (nSPS) is 22.4. The van der Waals surface area contributed by atoms with E-state index in [1.165, 1.54) is 0 Å². The summed E-state index contributed by atoms with van der Waals surface area (Å²) >= 11 is 0. The topological polar surface area (TPSA) is 61.8 Å². The van der Waals surface area contributed by atoms with Gasteiger partial charge in [0.15, 0.2) is 0 Å². The largest absolute Gasteiger partial charge is 0.459 e. The minimum atomic E-state index is -0.463.